The molecule has 1 heterocycles. The van der Waals surface area contributed by atoms with Gasteiger partial charge in [0.25, 0.3) is 11.8 Å². The normalized spacial score (nSPS) is 17.3. The van der Waals surface area contributed by atoms with Gasteiger partial charge in [-0.2, -0.15) is 0 Å². The Kier molecular flexibility index (Phi) is 6.77. The fraction of sp³-hybridized carbons (Fsp3) is 0.389. The zero-order chi connectivity index (χ0) is 19.4. The predicted molar refractivity (Wildman–Crippen MR) is 107 cm³/mol. The Labute approximate surface area is 166 Å². The SMILES string of the molecule is CC[C@H](C)Oc1c(Br)cc(/C=C2\C(=O)NC(=S)N(CC)C2=O)cc1OC. The topological polar surface area (TPSA) is 67.9 Å². The first-order chi connectivity index (χ1) is 12.3. The lowest BCUT2D eigenvalue weighted by Crippen LogP contribution is -2.53. The highest BCUT2D eigenvalue weighted by atomic mass is 79.9. The molecular formula is C18H21BrN2O4S. The molecule has 140 valence electrons. The van der Waals surface area contributed by atoms with E-state index in [1.54, 1.807) is 19.1 Å². The summed E-state index contributed by atoms with van der Waals surface area (Å²) < 4.78 is 12.0. The molecule has 1 saturated heterocycles. The summed E-state index contributed by atoms with van der Waals surface area (Å²) in [6.07, 6.45) is 2.39. The largest absolute Gasteiger partial charge is 0.493 e. The number of methoxy groups -OCH3 is 1. The molecule has 2 amide bonds. The summed E-state index contributed by atoms with van der Waals surface area (Å²) in [5.74, 6) is 0.161. The van der Waals surface area contributed by atoms with Crippen LogP contribution < -0.4 is 14.8 Å². The number of halogens is 1. The summed E-state index contributed by atoms with van der Waals surface area (Å²) in [5.41, 5.74) is 0.651. The summed E-state index contributed by atoms with van der Waals surface area (Å²) in [6.45, 7) is 6.17. The quantitative estimate of drug-likeness (QED) is 0.417. The molecule has 0 radical (unpaired) electrons. The van der Waals surface area contributed by atoms with Crippen LogP contribution in [0.2, 0.25) is 0 Å². The third-order valence-corrected chi connectivity index (χ3v) is 4.87. The minimum Gasteiger partial charge on any atom is -0.493 e. The lowest BCUT2D eigenvalue weighted by molar-refractivity contribution is -0.128. The highest BCUT2D eigenvalue weighted by Crippen LogP contribution is 2.38. The second kappa shape index (κ2) is 8.64. The van der Waals surface area contributed by atoms with Crippen LogP contribution in [0.3, 0.4) is 0 Å². The molecule has 1 atom stereocenters. The van der Waals surface area contributed by atoms with E-state index in [2.05, 4.69) is 21.2 Å². The first-order valence-corrected chi connectivity index (χ1v) is 9.45. The van der Waals surface area contributed by atoms with E-state index < -0.39 is 11.8 Å². The van der Waals surface area contributed by atoms with E-state index in [4.69, 9.17) is 21.7 Å². The van der Waals surface area contributed by atoms with E-state index in [0.717, 1.165) is 6.42 Å². The van der Waals surface area contributed by atoms with Crippen molar-refractivity contribution in [3.05, 3.63) is 27.7 Å². The average molecular weight is 441 g/mol. The van der Waals surface area contributed by atoms with Crippen molar-refractivity contribution < 1.29 is 19.1 Å². The summed E-state index contributed by atoms with van der Waals surface area (Å²) in [4.78, 5) is 26.0. The van der Waals surface area contributed by atoms with Crippen LogP contribution in [0.25, 0.3) is 6.08 Å². The molecule has 1 aliphatic heterocycles. The second-order valence-corrected chi connectivity index (χ2v) is 6.98. The standard InChI is InChI=1S/C18H21BrN2O4S/c1-5-10(3)25-15-13(19)8-11(9-14(15)24-4)7-12-16(22)20-18(26)21(6-2)17(12)23/h7-10H,5-6H2,1-4H3,(H,20,22,26)/b12-7+/t10-/m0/s1. The van der Waals surface area contributed by atoms with Gasteiger partial charge in [0.05, 0.1) is 17.7 Å². The van der Waals surface area contributed by atoms with Gasteiger partial charge in [-0.15, -0.1) is 0 Å². The maximum atomic E-state index is 12.5. The van der Waals surface area contributed by atoms with Crippen LogP contribution in [0.4, 0.5) is 0 Å². The lowest BCUT2D eigenvalue weighted by Gasteiger charge is -2.27. The monoisotopic (exact) mass is 440 g/mol. The second-order valence-electron chi connectivity index (χ2n) is 5.74. The Morgan fingerprint density at radius 3 is 2.62 bits per heavy atom. The van der Waals surface area contributed by atoms with Crippen molar-refractivity contribution in [3.63, 3.8) is 0 Å². The molecule has 8 heteroatoms. The van der Waals surface area contributed by atoms with Crippen molar-refractivity contribution in [2.75, 3.05) is 13.7 Å². The Bertz CT molecular complexity index is 779. The van der Waals surface area contributed by atoms with Crippen LogP contribution in [0, 0.1) is 0 Å². The Morgan fingerprint density at radius 2 is 2.04 bits per heavy atom. The fourth-order valence-electron chi connectivity index (χ4n) is 2.37. The van der Waals surface area contributed by atoms with Crippen molar-refractivity contribution in [1.29, 1.82) is 0 Å². The van der Waals surface area contributed by atoms with E-state index in [9.17, 15) is 9.59 Å². The van der Waals surface area contributed by atoms with E-state index >= 15 is 0 Å². The number of ether oxygens (including phenoxy) is 2. The smallest absolute Gasteiger partial charge is 0.265 e. The third-order valence-electron chi connectivity index (χ3n) is 3.96. The van der Waals surface area contributed by atoms with Crippen LogP contribution in [0.5, 0.6) is 11.5 Å². The minimum atomic E-state index is -0.514. The van der Waals surface area contributed by atoms with Gasteiger partial charge in [0.1, 0.15) is 5.57 Å². The molecule has 1 fully saturated rings. The number of hydrogen-bond acceptors (Lipinski definition) is 5. The molecule has 1 aromatic rings. The first-order valence-electron chi connectivity index (χ1n) is 8.25. The van der Waals surface area contributed by atoms with Crippen LogP contribution >= 0.6 is 28.1 Å². The molecule has 0 bridgehead atoms. The van der Waals surface area contributed by atoms with E-state index in [0.29, 0.717) is 28.1 Å². The van der Waals surface area contributed by atoms with E-state index in [-0.39, 0.29) is 16.8 Å². The van der Waals surface area contributed by atoms with Gasteiger partial charge >= 0.3 is 0 Å². The highest BCUT2D eigenvalue weighted by molar-refractivity contribution is 9.10. The molecule has 1 aromatic carbocycles. The molecule has 6 nitrogen and oxygen atoms in total. The fourth-order valence-corrected chi connectivity index (χ4v) is 3.23. The molecule has 0 spiro atoms. The number of carbonyl (C=O) groups is 2. The van der Waals surface area contributed by atoms with Crippen LogP contribution in [-0.4, -0.2) is 41.6 Å². The number of likely N-dealkylation sites (N-methyl/N-ethyl adjacent to an activating group) is 1. The highest BCUT2D eigenvalue weighted by Gasteiger charge is 2.32. The van der Waals surface area contributed by atoms with Gasteiger partial charge in [0, 0.05) is 6.54 Å². The summed E-state index contributed by atoms with van der Waals surface area (Å²) in [6, 6.07) is 3.50. The molecule has 26 heavy (non-hydrogen) atoms. The predicted octanol–water partition coefficient (Wildman–Crippen LogP) is 3.28. The van der Waals surface area contributed by atoms with Crippen LogP contribution in [-0.2, 0) is 9.59 Å². The molecule has 1 aliphatic rings. The molecular weight excluding hydrogens is 420 g/mol. The van der Waals surface area contributed by atoms with Gasteiger partial charge in [0.2, 0.25) is 0 Å². The number of nitrogens with zero attached hydrogens (tertiary/aromatic N) is 1. The number of rotatable bonds is 6. The number of hydrogen-bond donors (Lipinski definition) is 1. The summed E-state index contributed by atoms with van der Waals surface area (Å²) >= 11 is 8.50. The van der Waals surface area contributed by atoms with Crippen molar-refractivity contribution in [2.24, 2.45) is 0 Å². The van der Waals surface area contributed by atoms with Gasteiger partial charge in [-0.3, -0.25) is 19.8 Å². The van der Waals surface area contributed by atoms with Crippen molar-refractivity contribution in [3.8, 4) is 11.5 Å². The van der Waals surface area contributed by atoms with Crippen LogP contribution in [0.1, 0.15) is 32.8 Å². The third kappa shape index (κ3) is 4.24. The van der Waals surface area contributed by atoms with Crippen molar-refractivity contribution in [1.82, 2.24) is 10.2 Å². The lowest BCUT2D eigenvalue weighted by atomic mass is 10.1. The Balaban J connectivity index is 2.44. The Morgan fingerprint density at radius 1 is 1.35 bits per heavy atom. The molecule has 0 aromatic heterocycles. The number of amides is 2. The summed E-state index contributed by atoms with van der Waals surface area (Å²) in [5, 5.41) is 2.65. The van der Waals surface area contributed by atoms with Gasteiger partial charge in [-0.1, -0.05) is 6.92 Å². The zero-order valence-electron chi connectivity index (χ0n) is 15.1. The maximum Gasteiger partial charge on any atom is 0.265 e. The van der Waals surface area contributed by atoms with Gasteiger partial charge in [-0.05, 0) is 72.2 Å². The molecule has 2 rings (SSSR count). The number of carbonyl (C=O) groups excluding carboxylic acids is 2. The maximum absolute atomic E-state index is 12.5. The number of benzene rings is 1. The van der Waals surface area contributed by atoms with Crippen LogP contribution in [0.15, 0.2) is 22.2 Å². The molecule has 0 unspecified atom stereocenters. The Hall–Kier alpha value is -1.93. The molecule has 0 aliphatic carbocycles. The first kappa shape index (κ1) is 20.4. The van der Waals surface area contributed by atoms with Crippen molar-refractivity contribution in [2.45, 2.75) is 33.3 Å². The van der Waals surface area contributed by atoms with E-state index in [1.807, 2.05) is 13.8 Å². The minimum absolute atomic E-state index is 0.0185. The average Bonchev–Trinajstić information content (AvgIpc) is 2.60. The molecule has 0 saturated carbocycles. The number of nitrogens with one attached hydrogen (secondary N) is 1. The van der Waals surface area contributed by atoms with Gasteiger partial charge in [0.15, 0.2) is 16.6 Å². The zero-order valence-corrected chi connectivity index (χ0v) is 17.5. The van der Waals surface area contributed by atoms with E-state index in [1.165, 1.54) is 18.1 Å². The number of thiocarbonyl (C=S) groups is 1. The van der Waals surface area contributed by atoms with Gasteiger partial charge < -0.3 is 9.47 Å². The summed E-state index contributed by atoms with van der Waals surface area (Å²) in [7, 11) is 1.54. The molecule has 1 N–H and O–H groups in total. The van der Waals surface area contributed by atoms with Crippen molar-refractivity contribution >= 4 is 51.2 Å². The van der Waals surface area contributed by atoms with Gasteiger partial charge in [-0.25, -0.2) is 0 Å².